The maximum atomic E-state index is 13.3. The molecule has 0 saturated heterocycles. The highest BCUT2D eigenvalue weighted by molar-refractivity contribution is 5.94. The normalized spacial score (nSPS) is 12.7. The summed E-state index contributed by atoms with van der Waals surface area (Å²) in [5.41, 5.74) is 7.54. The number of nitriles is 1. The third-order valence-electron chi connectivity index (χ3n) is 4.64. The van der Waals surface area contributed by atoms with Crippen LogP contribution in [0.5, 0.6) is 0 Å². The first-order chi connectivity index (χ1) is 14.1. The first-order valence-corrected chi connectivity index (χ1v) is 9.06. The van der Waals surface area contributed by atoms with Gasteiger partial charge in [0.15, 0.2) is 0 Å². The van der Waals surface area contributed by atoms with Crippen LogP contribution in [0.3, 0.4) is 0 Å². The number of nitrogens with two attached hydrogens (primary N) is 1. The number of nitrogens with one attached hydrogen (secondary N) is 1. The third kappa shape index (κ3) is 4.35. The Kier molecular flexibility index (Phi) is 5.64. The summed E-state index contributed by atoms with van der Waals surface area (Å²) in [6, 6.07) is 3.98. The quantitative estimate of drug-likeness (QED) is 0.640. The van der Waals surface area contributed by atoms with Crippen LogP contribution < -0.4 is 10.6 Å². The Morgan fingerprint density at radius 1 is 1.30 bits per heavy atom. The number of aromatic amines is 1. The fourth-order valence-corrected chi connectivity index (χ4v) is 3.42. The van der Waals surface area contributed by atoms with Crippen molar-refractivity contribution in [2.75, 3.05) is 11.4 Å². The number of hydrogen-bond acceptors (Lipinski definition) is 5. The summed E-state index contributed by atoms with van der Waals surface area (Å²) in [5.74, 6) is -1.31. The van der Waals surface area contributed by atoms with E-state index in [-0.39, 0.29) is 5.69 Å². The number of aromatic nitrogens is 3. The highest BCUT2D eigenvalue weighted by atomic mass is 19.4. The van der Waals surface area contributed by atoms with Crippen LogP contribution >= 0.6 is 0 Å². The van der Waals surface area contributed by atoms with Crippen molar-refractivity contribution in [3.63, 3.8) is 0 Å². The molecule has 0 radical (unpaired) electrons. The van der Waals surface area contributed by atoms with Gasteiger partial charge in [-0.25, -0.2) is 4.98 Å². The molecule has 3 aromatic rings. The van der Waals surface area contributed by atoms with Gasteiger partial charge in [-0.1, -0.05) is 13.8 Å². The molecule has 1 amide bonds. The predicted molar refractivity (Wildman–Crippen MR) is 105 cm³/mol. The van der Waals surface area contributed by atoms with Crippen molar-refractivity contribution in [1.29, 1.82) is 5.26 Å². The van der Waals surface area contributed by atoms with Crippen LogP contribution in [0.2, 0.25) is 0 Å². The number of alkyl halides is 3. The van der Waals surface area contributed by atoms with Crippen LogP contribution in [0.25, 0.3) is 22.2 Å². The van der Waals surface area contributed by atoms with Crippen LogP contribution in [0.1, 0.15) is 19.4 Å². The van der Waals surface area contributed by atoms with E-state index in [4.69, 9.17) is 11.0 Å². The lowest BCUT2D eigenvalue weighted by Crippen LogP contribution is -2.51. The van der Waals surface area contributed by atoms with Crippen LogP contribution in [0.4, 0.5) is 18.9 Å². The minimum atomic E-state index is -4.55. The van der Waals surface area contributed by atoms with Gasteiger partial charge in [0.05, 0.1) is 17.4 Å². The molecule has 3 rings (SSSR count). The van der Waals surface area contributed by atoms with Crippen LogP contribution in [-0.4, -0.2) is 39.6 Å². The zero-order chi connectivity index (χ0) is 22.1. The van der Waals surface area contributed by atoms with E-state index in [9.17, 15) is 18.0 Å². The molecular formula is C20H19F3N6O. The molecule has 0 spiro atoms. The van der Waals surface area contributed by atoms with E-state index in [0.29, 0.717) is 27.7 Å². The molecule has 0 aliphatic carbocycles. The Hall–Kier alpha value is -3.61. The number of H-pyrrole nitrogens is 1. The lowest BCUT2D eigenvalue weighted by Gasteiger charge is -2.34. The van der Waals surface area contributed by atoms with Crippen molar-refractivity contribution < 1.29 is 18.0 Å². The van der Waals surface area contributed by atoms with Gasteiger partial charge in [-0.05, 0) is 18.1 Å². The van der Waals surface area contributed by atoms with E-state index in [1.54, 1.807) is 26.1 Å². The number of hydrogen-bond donors (Lipinski definition) is 2. The van der Waals surface area contributed by atoms with Gasteiger partial charge >= 0.3 is 6.18 Å². The number of rotatable bonds is 6. The van der Waals surface area contributed by atoms with Crippen molar-refractivity contribution in [1.82, 2.24) is 15.0 Å². The molecule has 0 aliphatic heterocycles. The first kappa shape index (κ1) is 21.1. The first-order valence-electron chi connectivity index (χ1n) is 9.06. The van der Waals surface area contributed by atoms with E-state index < -0.39 is 30.6 Å². The number of halogens is 3. The van der Waals surface area contributed by atoms with Crippen molar-refractivity contribution in [3.05, 3.63) is 42.5 Å². The van der Waals surface area contributed by atoms with Gasteiger partial charge in [-0.15, -0.1) is 0 Å². The molecule has 0 bridgehead atoms. The van der Waals surface area contributed by atoms with Crippen molar-refractivity contribution in [2.45, 2.75) is 26.1 Å². The molecule has 1 atom stereocenters. The molecule has 0 aromatic carbocycles. The summed E-state index contributed by atoms with van der Waals surface area (Å²) in [7, 11) is 0. The Balaban J connectivity index is 2.12. The lowest BCUT2D eigenvalue weighted by molar-refractivity contribution is -0.126. The second-order valence-corrected chi connectivity index (χ2v) is 7.20. The SMILES string of the molecule is CC(C)[C@@H](C(N)=O)N(CC(F)(F)F)c1cncc(-c2c[nH]c3ncc(C#N)cc23)c1. The Morgan fingerprint density at radius 3 is 2.63 bits per heavy atom. The van der Waals surface area contributed by atoms with Crippen LogP contribution in [0, 0.1) is 17.2 Å². The van der Waals surface area contributed by atoms with E-state index in [1.165, 1.54) is 24.7 Å². The van der Waals surface area contributed by atoms with E-state index >= 15 is 0 Å². The number of primary amides is 1. The third-order valence-corrected chi connectivity index (χ3v) is 4.64. The Morgan fingerprint density at radius 2 is 2.03 bits per heavy atom. The predicted octanol–water partition coefficient (Wildman–Crippen LogP) is 3.38. The fraction of sp³-hybridized carbons (Fsp3) is 0.300. The summed E-state index contributed by atoms with van der Waals surface area (Å²) < 4.78 is 39.9. The maximum absolute atomic E-state index is 13.3. The summed E-state index contributed by atoms with van der Waals surface area (Å²) in [6.45, 7) is 1.91. The monoisotopic (exact) mass is 416 g/mol. The Labute approximate surface area is 170 Å². The second-order valence-electron chi connectivity index (χ2n) is 7.20. The van der Waals surface area contributed by atoms with Gasteiger partial charge < -0.3 is 15.6 Å². The van der Waals surface area contributed by atoms with Gasteiger partial charge in [0.2, 0.25) is 5.91 Å². The molecule has 3 N–H and O–H groups in total. The fourth-order valence-electron chi connectivity index (χ4n) is 3.42. The minimum absolute atomic E-state index is 0.112. The maximum Gasteiger partial charge on any atom is 0.405 e. The molecule has 156 valence electrons. The molecule has 3 heterocycles. The number of fused-ring (bicyclic) bond motifs is 1. The van der Waals surface area contributed by atoms with Gasteiger partial charge in [0.1, 0.15) is 24.3 Å². The average molecular weight is 416 g/mol. The zero-order valence-corrected chi connectivity index (χ0v) is 16.2. The molecule has 7 nitrogen and oxygen atoms in total. The molecule has 0 fully saturated rings. The number of nitrogens with zero attached hydrogens (tertiary/aromatic N) is 4. The van der Waals surface area contributed by atoms with E-state index in [2.05, 4.69) is 15.0 Å². The standard InChI is InChI=1S/C20H19F3N6O/c1-11(2)17(18(25)30)29(10-20(21,22)23)14-4-13(7-26-8-14)16-9-28-19-15(16)3-12(5-24)6-27-19/h3-4,6-9,11,17H,10H2,1-2H3,(H2,25,30)(H,27,28)/t17-/m0/s1. The topological polar surface area (TPSA) is 112 Å². The lowest BCUT2D eigenvalue weighted by atomic mass is 10.00. The molecule has 30 heavy (non-hydrogen) atoms. The summed E-state index contributed by atoms with van der Waals surface area (Å²) in [6.07, 6.45) is 1.27. The highest BCUT2D eigenvalue weighted by Crippen LogP contribution is 2.32. The number of carbonyl (C=O) groups is 1. The average Bonchev–Trinajstić information content (AvgIpc) is 3.09. The molecule has 0 aliphatic rings. The number of carbonyl (C=O) groups excluding carboxylic acids is 1. The molecule has 0 unspecified atom stereocenters. The van der Waals surface area contributed by atoms with Gasteiger partial charge in [-0.2, -0.15) is 18.4 Å². The van der Waals surface area contributed by atoms with Crippen LogP contribution in [0.15, 0.2) is 36.9 Å². The second kappa shape index (κ2) is 8.02. The van der Waals surface area contributed by atoms with Crippen molar-refractivity contribution in [3.8, 4) is 17.2 Å². The summed E-state index contributed by atoms with van der Waals surface area (Å²) in [4.78, 5) is 24.1. The highest BCUT2D eigenvalue weighted by Gasteiger charge is 2.37. The number of pyridine rings is 2. The molecule has 10 heteroatoms. The van der Waals surface area contributed by atoms with Gasteiger partial charge in [-0.3, -0.25) is 9.78 Å². The largest absolute Gasteiger partial charge is 0.405 e. The van der Waals surface area contributed by atoms with Gasteiger partial charge in [0, 0.05) is 35.1 Å². The Bertz CT molecular complexity index is 1120. The van der Waals surface area contributed by atoms with E-state index in [1.807, 2.05) is 6.07 Å². The van der Waals surface area contributed by atoms with Gasteiger partial charge in [0.25, 0.3) is 0 Å². The van der Waals surface area contributed by atoms with E-state index in [0.717, 1.165) is 4.90 Å². The number of amides is 1. The molecular weight excluding hydrogens is 397 g/mol. The smallest absolute Gasteiger partial charge is 0.368 e. The summed E-state index contributed by atoms with van der Waals surface area (Å²) >= 11 is 0. The zero-order valence-electron chi connectivity index (χ0n) is 16.2. The molecule has 0 saturated carbocycles. The van der Waals surface area contributed by atoms with Crippen LogP contribution in [-0.2, 0) is 4.79 Å². The number of anilines is 1. The van der Waals surface area contributed by atoms with Crippen molar-refractivity contribution >= 4 is 22.6 Å². The molecule has 3 aromatic heterocycles. The van der Waals surface area contributed by atoms with Crippen molar-refractivity contribution in [2.24, 2.45) is 11.7 Å². The minimum Gasteiger partial charge on any atom is -0.368 e. The summed E-state index contributed by atoms with van der Waals surface area (Å²) in [5, 5.41) is 9.75.